The molecule has 0 saturated heterocycles. The van der Waals surface area contributed by atoms with Gasteiger partial charge in [0.2, 0.25) is 0 Å². The summed E-state index contributed by atoms with van der Waals surface area (Å²) in [6, 6.07) is 8.32. The van der Waals surface area contributed by atoms with Crippen LogP contribution in [-0.2, 0) is 0 Å². The highest BCUT2D eigenvalue weighted by molar-refractivity contribution is 7.17. The number of benzene rings is 1. The van der Waals surface area contributed by atoms with E-state index in [0.29, 0.717) is 6.04 Å². The van der Waals surface area contributed by atoms with Crippen LogP contribution in [0, 0.1) is 0 Å². The van der Waals surface area contributed by atoms with Gasteiger partial charge in [-0.05, 0) is 22.9 Å². The van der Waals surface area contributed by atoms with E-state index in [4.69, 9.17) is 1.37 Å². The minimum atomic E-state index is 0.589. The summed E-state index contributed by atoms with van der Waals surface area (Å²) in [6.07, 6.45) is 0. The molecule has 1 aromatic carbocycles. The van der Waals surface area contributed by atoms with Crippen LogP contribution in [0.1, 0.15) is 1.37 Å². The second-order valence-electron chi connectivity index (χ2n) is 1.88. The van der Waals surface area contributed by atoms with Gasteiger partial charge >= 0.3 is 0 Å². The van der Waals surface area contributed by atoms with Gasteiger partial charge in [0.25, 0.3) is 0 Å². The van der Waals surface area contributed by atoms with Gasteiger partial charge in [-0.25, -0.2) is 0 Å². The molecule has 0 saturated carbocycles. The zero-order valence-electron chi connectivity index (χ0n) is 5.79. The quantitative estimate of drug-likeness (QED) is 0.521. The highest BCUT2D eigenvalue weighted by atomic mass is 32.1. The summed E-state index contributed by atoms with van der Waals surface area (Å²) in [4.78, 5) is 0. The Labute approximate surface area is 59.2 Å². The molecule has 0 nitrogen and oxygen atoms in total. The molecule has 9 heavy (non-hydrogen) atoms. The number of fused-ring (bicyclic) bond motifs is 1. The van der Waals surface area contributed by atoms with Crippen LogP contribution in [0.2, 0.25) is 0 Å². The molecule has 2 aromatic rings. The Hall–Kier alpha value is -0.820. The van der Waals surface area contributed by atoms with Crippen LogP contribution in [0.25, 0.3) is 10.1 Å². The van der Waals surface area contributed by atoms with Crippen LogP contribution < -0.4 is 0 Å². The Bertz CT molecular complexity index is 351. The fraction of sp³-hybridized carbons (Fsp3) is 0. The lowest BCUT2D eigenvalue weighted by Gasteiger charge is -1.82. The summed E-state index contributed by atoms with van der Waals surface area (Å²) in [5.74, 6) is 0. The fourth-order valence-electron chi connectivity index (χ4n) is 0.847. The smallest absolute Gasteiger partial charge is 0.0623 e. The van der Waals surface area contributed by atoms with Gasteiger partial charge in [-0.15, -0.1) is 11.3 Å². The third kappa shape index (κ3) is 0.736. The zero-order chi connectivity index (χ0) is 6.97. The van der Waals surface area contributed by atoms with Crippen molar-refractivity contribution in [3.63, 3.8) is 0 Å². The highest BCUT2D eigenvalue weighted by Crippen LogP contribution is 2.18. The van der Waals surface area contributed by atoms with Gasteiger partial charge in [-0.1, -0.05) is 18.2 Å². The molecule has 1 heterocycles. The highest BCUT2D eigenvalue weighted by Gasteiger charge is 1.87. The molecule has 1 aromatic heterocycles. The maximum atomic E-state index is 7.32. The van der Waals surface area contributed by atoms with E-state index < -0.39 is 0 Å². The van der Waals surface area contributed by atoms with Gasteiger partial charge in [0.15, 0.2) is 0 Å². The molecule has 0 atom stereocenters. The molecule has 0 aliphatic rings. The molecule has 2 rings (SSSR count). The lowest BCUT2D eigenvalue weighted by atomic mass is 10.3. The minimum absolute atomic E-state index is 0.589. The molecule has 0 aliphatic heterocycles. The topological polar surface area (TPSA) is 0 Å². The normalized spacial score (nSPS) is 11.8. The van der Waals surface area contributed by atoms with E-state index >= 15 is 0 Å². The summed E-state index contributed by atoms with van der Waals surface area (Å²) in [5.41, 5.74) is 0. The number of hydrogen-bond acceptors (Lipinski definition) is 1. The number of hydrogen-bond donors (Lipinski definition) is 0. The van der Waals surface area contributed by atoms with Crippen molar-refractivity contribution in [2.45, 2.75) is 0 Å². The van der Waals surface area contributed by atoms with Crippen molar-refractivity contribution >= 4 is 21.4 Å². The number of rotatable bonds is 0. The van der Waals surface area contributed by atoms with E-state index in [-0.39, 0.29) is 0 Å². The molecule has 0 bridgehead atoms. The molecule has 0 fully saturated rings. The first-order chi connectivity index (χ1) is 4.86. The Balaban J connectivity index is 2.86. The monoisotopic (exact) mass is 135 g/mol. The van der Waals surface area contributed by atoms with Crippen LogP contribution >= 0.6 is 11.3 Å². The Morgan fingerprint density at radius 3 is 3.33 bits per heavy atom. The van der Waals surface area contributed by atoms with Crippen molar-refractivity contribution in [3.05, 3.63) is 35.7 Å². The van der Waals surface area contributed by atoms with Gasteiger partial charge in [-0.2, -0.15) is 0 Å². The second-order valence-corrected chi connectivity index (χ2v) is 2.83. The third-order valence-electron chi connectivity index (χ3n) is 1.30. The molecule has 0 radical (unpaired) electrons. The van der Waals surface area contributed by atoms with Crippen molar-refractivity contribution in [3.8, 4) is 0 Å². The molecular weight excluding hydrogens is 128 g/mol. The standard InChI is InChI=1S/C8H6S/c1-2-4-8-7(3-1)5-6-9-8/h1-6H/i1D. The maximum absolute atomic E-state index is 7.32. The van der Waals surface area contributed by atoms with Crippen molar-refractivity contribution in [2.75, 3.05) is 0 Å². The first-order valence-corrected chi connectivity index (χ1v) is 3.68. The Kier molecular flexibility index (Phi) is 0.836. The van der Waals surface area contributed by atoms with Crippen LogP contribution in [0.4, 0.5) is 0 Å². The molecule has 44 valence electrons. The SMILES string of the molecule is [2H]c1ccc2sccc2c1. The number of thiophene rings is 1. The summed E-state index contributed by atoms with van der Waals surface area (Å²) in [6.45, 7) is 0. The van der Waals surface area contributed by atoms with Crippen molar-refractivity contribution in [2.24, 2.45) is 0 Å². The molecule has 1 heteroatoms. The summed E-state index contributed by atoms with van der Waals surface area (Å²) >= 11 is 1.71. The van der Waals surface area contributed by atoms with Crippen LogP contribution in [0.5, 0.6) is 0 Å². The van der Waals surface area contributed by atoms with Crippen molar-refractivity contribution < 1.29 is 1.37 Å². The Morgan fingerprint density at radius 1 is 1.33 bits per heavy atom. The minimum Gasteiger partial charge on any atom is -0.144 e. The van der Waals surface area contributed by atoms with Crippen LogP contribution in [0.15, 0.2) is 35.7 Å². The van der Waals surface area contributed by atoms with Gasteiger partial charge in [0.05, 0.1) is 1.37 Å². The molecule has 0 amide bonds. The third-order valence-corrected chi connectivity index (χ3v) is 2.19. The Morgan fingerprint density at radius 2 is 2.33 bits per heavy atom. The molecule has 0 N–H and O–H groups in total. The van der Waals surface area contributed by atoms with Gasteiger partial charge < -0.3 is 0 Å². The van der Waals surface area contributed by atoms with Crippen LogP contribution in [0.3, 0.4) is 0 Å². The van der Waals surface area contributed by atoms with E-state index in [0.717, 1.165) is 0 Å². The summed E-state index contributed by atoms with van der Waals surface area (Å²) in [5, 5.41) is 3.22. The van der Waals surface area contributed by atoms with Crippen molar-refractivity contribution in [1.29, 1.82) is 0 Å². The van der Waals surface area contributed by atoms with Gasteiger partial charge in [0, 0.05) is 4.70 Å². The lowest BCUT2D eigenvalue weighted by Crippen LogP contribution is -1.56. The van der Waals surface area contributed by atoms with E-state index in [2.05, 4.69) is 0 Å². The predicted molar refractivity (Wildman–Crippen MR) is 41.8 cm³/mol. The zero-order valence-corrected chi connectivity index (χ0v) is 5.61. The van der Waals surface area contributed by atoms with Crippen molar-refractivity contribution in [1.82, 2.24) is 0 Å². The maximum Gasteiger partial charge on any atom is 0.0623 e. The fourth-order valence-corrected chi connectivity index (χ4v) is 1.62. The van der Waals surface area contributed by atoms with E-state index in [1.165, 1.54) is 10.1 Å². The lowest BCUT2D eigenvalue weighted by molar-refractivity contribution is 1.86. The molecule has 0 aliphatic carbocycles. The first-order valence-electron chi connectivity index (χ1n) is 3.30. The van der Waals surface area contributed by atoms with E-state index in [1.807, 2.05) is 29.6 Å². The predicted octanol–water partition coefficient (Wildman–Crippen LogP) is 2.90. The van der Waals surface area contributed by atoms with Gasteiger partial charge in [0.1, 0.15) is 0 Å². The summed E-state index contributed by atoms with van der Waals surface area (Å²) < 4.78 is 8.58. The van der Waals surface area contributed by atoms with Gasteiger partial charge in [-0.3, -0.25) is 0 Å². The summed E-state index contributed by atoms with van der Waals surface area (Å²) in [7, 11) is 0. The average Bonchev–Trinajstić information content (AvgIpc) is 2.33. The molecule has 0 unspecified atom stereocenters. The largest absolute Gasteiger partial charge is 0.144 e. The van der Waals surface area contributed by atoms with E-state index in [9.17, 15) is 0 Å². The van der Waals surface area contributed by atoms with E-state index in [1.54, 1.807) is 11.3 Å². The molecule has 0 spiro atoms. The average molecular weight is 135 g/mol. The second kappa shape index (κ2) is 1.85. The first kappa shape index (κ1) is 4.07. The van der Waals surface area contributed by atoms with Crippen LogP contribution in [-0.4, -0.2) is 0 Å². The molecular formula is C8H6S.